The van der Waals surface area contributed by atoms with Crippen molar-refractivity contribution in [3.63, 3.8) is 0 Å². The lowest BCUT2D eigenvalue weighted by Gasteiger charge is -2.35. The van der Waals surface area contributed by atoms with Crippen LogP contribution in [0.3, 0.4) is 0 Å². The lowest BCUT2D eigenvalue weighted by molar-refractivity contribution is 0.343. The fourth-order valence-electron chi connectivity index (χ4n) is 3.62. The first-order valence-corrected chi connectivity index (χ1v) is 10.8. The van der Waals surface area contributed by atoms with Gasteiger partial charge in [0.15, 0.2) is 0 Å². The summed E-state index contributed by atoms with van der Waals surface area (Å²) in [7, 11) is 2.06. The fourth-order valence-corrected chi connectivity index (χ4v) is 4.82. The molecule has 0 radical (unpaired) electrons. The predicted octanol–water partition coefficient (Wildman–Crippen LogP) is 7.09. The van der Waals surface area contributed by atoms with E-state index >= 15 is 0 Å². The summed E-state index contributed by atoms with van der Waals surface area (Å²) in [5, 5.41) is 5.83. The third-order valence-corrected chi connectivity index (χ3v) is 7.34. The van der Waals surface area contributed by atoms with Crippen molar-refractivity contribution in [3.05, 3.63) is 93.2 Å². The molecule has 1 aromatic carbocycles. The van der Waals surface area contributed by atoms with Crippen LogP contribution in [0.1, 0.15) is 60.7 Å². The van der Waals surface area contributed by atoms with Gasteiger partial charge in [-0.3, -0.25) is 0 Å². The van der Waals surface area contributed by atoms with E-state index in [0.29, 0.717) is 5.92 Å². The van der Waals surface area contributed by atoms with Crippen LogP contribution >= 0.6 is 11.3 Å². The van der Waals surface area contributed by atoms with E-state index < -0.39 is 0 Å². The van der Waals surface area contributed by atoms with Crippen molar-refractivity contribution in [1.29, 1.82) is 0 Å². The van der Waals surface area contributed by atoms with Crippen LogP contribution in [-0.4, -0.2) is 7.05 Å². The standard InChI is InChI=1S/C26H31NS/c1-7-18(2)11-12-19(3)24-16-25(28-17-24)26(5,27-6)20(4)22-14-13-21-9-8-10-23(21)15-22/h7-8,10-17,20,27H,3,9H2,1-2,4-6H3/b12-11-,18-7-/t20?,26-/m0/s1. The molecule has 1 heterocycles. The van der Waals surface area contributed by atoms with Gasteiger partial charge in [-0.05, 0) is 73.5 Å². The molecule has 0 saturated heterocycles. The molecule has 0 aliphatic heterocycles. The molecule has 0 bridgehead atoms. The van der Waals surface area contributed by atoms with E-state index in [4.69, 9.17) is 0 Å². The molecule has 1 unspecified atom stereocenters. The maximum atomic E-state index is 4.26. The molecule has 0 saturated carbocycles. The Morgan fingerprint density at radius 1 is 1.29 bits per heavy atom. The molecule has 0 fully saturated rings. The van der Waals surface area contributed by atoms with Crippen molar-refractivity contribution in [3.8, 4) is 0 Å². The van der Waals surface area contributed by atoms with E-state index in [1.807, 2.05) is 11.3 Å². The minimum Gasteiger partial charge on any atom is -0.310 e. The van der Waals surface area contributed by atoms with Crippen molar-refractivity contribution in [2.24, 2.45) is 0 Å². The van der Waals surface area contributed by atoms with Crippen LogP contribution in [0.15, 0.2) is 66.1 Å². The lowest BCUT2D eigenvalue weighted by Crippen LogP contribution is -2.41. The van der Waals surface area contributed by atoms with Gasteiger partial charge in [-0.2, -0.15) is 0 Å². The molecule has 2 heteroatoms. The topological polar surface area (TPSA) is 12.0 Å². The lowest BCUT2D eigenvalue weighted by atomic mass is 9.80. The maximum absolute atomic E-state index is 4.26. The quantitative estimate of drug-likeness (QED) is 0.498. The molecule has 1 aromatic heterocycles. The van der Waals surface area contributed by atoms with Gasteiger partial charge in [-0.15, -0.1) is 11.3 Å². The second kappa shape index (κ2) is 8.46. The smallest absolute Gasteiger partial charge is 0.0564 e. The summed E-state index contributed by atoms with van der Waals surface area (Å²) in [5.41, 5.74) is 7.54. The third-order valence-electron chi connectivity index (χ3n) is 6.18. The predicted molar refractivity (Wildman–Crippen MR) is 126 cm³/mol. The summed E-state index contributed by atoms with van der Waals surface area (Å²) >= 11 is 1.81. The minimum atomic E-state index is -0.136. The number of likely N-dealkylation sites (N-methyl/N-ethyl adjacent to an activating group) is 1. The normalized spacial score (nSPS) is 17.0. The van der Waals surface area contributed by atoms with Crippen molar-refractivity contribution in [2.45, 2.75) is 45.6 Å². The largest absolute Gasteiger partial charge is 0.310 e. The SMILES string of the molecule is C=C(/C=C\C(C)=C/C)c1csc([C@@](C)(NC)C(C)c2ccc3c(c2)C=CC3)c1. The van der Waals surface area contributed by atoms with E-state index in [1.54, 1.807) is 0 Å². The third kappa shape index (κ3) is 3.99. The highest BCUT2D eigenvalue weighted by Crippen LogP contribution is 2.41. The van der Waals surface area contributed by atoms with Gasteiger partial charge in [-0.1, -0.05) is 67.7 Å². The maximum Gasteiger partial charge on any atom is 0.0564 e. The van der Waals surface area contributed by atoms with Gasteiger partial charge in [0.05, 0.1) is 5.54 Å². The molecule has 28 heavy (non-hydrogen) atoms. The molecule has 1 aliphatic rings. The molecule has 0 amide bonds. The van der Waals surface area contributed by atoms with Crippen LogP contribution in [0.2, 0.25) is 0 Å². The van der Waals surface area contributed by atoms with Gasteiger partial charge in [-0.25, -0.2) is 0 Å². The van der Waals surface area contributed by atoms with Gasteiger partial charge in [0.1, 0.15) is 0 Å². The van der Waals surface area contributed by atoms with Crippen LogP contribution in [0, 0.1) is 0 Å². The van der Waals surface area contributed by atoms with Gasteiger partial charge in [0.25, 0.3) is 0 Å². The molecule has 2 aromatic rings. The monoisotopic (exact) mass is 389 g/mol. The Labute approximate surface area is 174 Å². The Balaban J connectivity index is 1.87. The first-order valence-electron chi connectivity index (χ1n) is 9.96. The molecule has 0 spiro atoms. The van der Waals surface area contributed by atoms with Gasteiger partial charge in [0.2, 0.25) is 0 Å². The highest BCUT2D eigenvalue weighted by Gasteiger charge is 2.34. The van der Waals surface area contributed by atoms with Crippen molar-refractivity contribution < 1.29 is 0 Å². The van der Waals surface area contributed by atoms with Crippen molar-refractivity contribution in [1.82, 2.24) is 5.32 Å². The number of hydrogen-bond acceptors (Lipinski definition) is 2. The van der Waals surface area contributed by atoms with Crippen LogP contribution in [0.4, 0.5) is 0 Å². The Morgan fingerprint density at radius 3 is 2.79 bits per heavy atom. The Bertz CT molecular complexity index is 957. The molecule has 1 aliphatic carbocycles. The van der Waals surface area contributed by atoms with Crippen LogP contribution in [0.5, 0.6) is 0 Å². The number of rotatable bonds is 7. The molecular weight excluding hydrogens is 358 g/mol. The minimum absolute atomic E-state index is 0.136. The second-order valence-corrected chi connectivity index (χ2v) is 8.74. The fraction of sp³-hybridized carbons (Fsp3) is 0.308. The summed E-state index contributed by atoms with van der Waals surface area (Å²) in [6.07, 6.45) is 11.9. The number of fused-ring (bicyclic) bond motifs is 1. The van der Waals surface area contributed by atoms with E-state index in [2.05, 4.69) is 107 Å². The summed E-state index contributed by atoms with van der Waals surface area (Å²) in [6.45, 7) is 13.0. The van der Waals surface area contributed by atoms with Gasteiger partial charge >= 0.3 is 0 Å². The molecule has 1 nitrogen and oxygen atoms in total. The first-order chi connectivity index (χ1) is 13.4. The number of thiophene rings is 1. The summed E-state index contributed by atoms with van der Waals surface area (Å²) in [5.74, 6) is 0.345. The number of nitrogens with one attached hydrogen (secondary N) is 1. The average molecular weight is 390 g/mol. The summed E-state index contributed by atoms with van der Waals surface area (Å²) in [6, 6.07) is 9.23. The first kappa shape index (κ1) is 20.6. The van der Waals surface area contributed by atoms with E-state index in [0.717, 1.165) is 12.0 Å². The molecule has 146 valence electrons. The Morgan fingerprint density at radius 2 is 2.07 bits per heavy atom. The number of allylic oxidation sites excluding steroid dienone is 6. The zero-order valence-corrected chi connectivity index (χ0v) is 18.5. The van der Waals surface area contributed by atoms with E-state index in [1.165, 1.54) is 32.7 Å². The summed E-state index contributed by atoms with van der Waals surface area (Å²) in [4.78, 5) is 1.34. The van der Waals surface area contributed by atoms with Crippen LogP contribution in [-0.2, 0) is 12.0 Å². The Hall–Kier alpha value is -2.16. The summed E-state index contributed by atoms with van der Waals surface area (Å²) < 4.78 is 0. The number of benzene rings is 1. The molecular formula is C26H31NS. The van der Waals surface area contributed by atoms with E-state index in [-0.39, 0.29) is 5.54 Å². The van der Waals surface area contributed by atoms with Crippen LogP contribution < -0.4 is 5.32 Å². The zero-order valence-electron chi connectivity index (χ0n) is 17.7. The highest BCUT2D eigenvalue weighted by atomic mass is 32.1. The van der Waals surface area contributed by atoms with Crippen LogP contribution in [0.25, 0.3) is 11.6 Å². The van der Waals surface area contributed by atoms with Gasteiger partial charge in [0, 0.05) is 10.8 Å². The zero-order chi connectivity index (χ0) is 20.3. The highest BCUT2D eigenvalue weighted by molar-refractivity contribution is 7.10. The Kier molecular flexibility index (Phi) is 6.22. The number of hydrogen-bond donors (Lipinski definition) is 1. The second-order valence-electron chi connectivity index (χ2n) is 7.83. The molecule has 1 N–H and O–H groups in total. The van der Waals surface area contributed by atoms with Crippen molar-refractivity contribution in [2.75, 3.05) is 7.05 Å². The average Bonchev–Trinajstić information content (AvgIpc) is 3.39. The molecule has 2 atom stereocenters. The van der Waals surface area contributed by atoms with Crippen molar-refractivity contribution >= 4 is 23.0 Å². The van der Waals surface area contributed by atoms with E-state index in [9.17, 15) is 0 Å². The molecule has 3 rings (SSSR count). The van der Waals surface area contributed by atoms with Gasteiger partial charge < -0.3 is 5.32 Å².